The van der Waals surface area contributed by atoms with Crippen LogP contribution in [-0.4, -0.2) is 52.2 Å². The number of rotatable bonds is 6. The van der Waals surface area contributed by atoms with Crippen LogP contribution in [0.25, 0.3) is 32.9 Å². The molecule has 1 amide bonds. The Morgan fingerprint density at radius 3 is 2.76 bits per heavy atom. The molecule has 6 fully saturated rings. The van der Waals surface area contributed by atoms with Crippen LogP contribution in [0.5, 0.6) is 0 Å². The summed E-state index contributed by atoms with van der Waals surface area (Å²) in [6.07, 6.45) is 4.54. The van der Waals surface area contributed by atoms with Crippen LogP contribution in [-0.2, 0) is 16.0 Å². The number of aromatic nitrogens is 2. The van der Waals surface area contributed by atoms with E-state index >= 15 is 4.39 Å². The molecule has 6 aliphatic rings. The van der Waals surface area contributed by atoms with E-state index in [4.69, 9.17) is 32.9 Å². The number of carbonyl (C=O) groups excluding carboxylic acids is 1. The van der Waals surface area contributed by atoms with Crippen molar-refractivity contribution in [3.63, 3.8) is 0 Å². The number of amides is 1. The fourth-order valence-corrected chi connectivity index (χ4v) is 9.42. The smallest absolute Gasteiger partial charge is 0.226 e. The largest absolute Gasteiger partial charge is 0.379 e. The molecule has 4 aliphatic heterocycles. The first-order chi connectivity index (χ1) is 22.4. The quantitative estimate of drug-likeness (QED) is 0.235. The lowest BCUT2D eigenvalue weighted by atomic mass is 9.79. The molecule has 2 aromatic carbocycles. The fourth-order valence-electron chi connectivity index (χ4n) is 9.02. The summed E-state index contributed by atoms with van der Waals surface area (Å²) in [6, 6.07) is 12.2. The Morgan fingerprint density at radius 1 is 1.17 bits per heavy atom. The van der Waals surface area contributed by atoms with Gasteiger partial charge in [0.2, 0.25) is 5.91 Å². The molecule has 6 atom stereocenters. The van der Waals surface area contributed by atoms with Crippen LogP contribution in [0, 0.1) is 41.8 Å². The molecule has 7 nitrogen and oxygen atoms in total. The second kappa shape index (κ2) is 10.6. The van der Waals surface area contributed by atoms with E-state index in [2.05, 4.69) is 26.9 Å². The minimum atomic E-state index is -0.459. The summed E-state index contributed by atoms with van der Waals surface area (Å²) in [7, 11) is 0. The molecule has 0 spiro atoms. The number of nitrogens with one attached hydrogen (secondary N) is 1. The van der Waals surface area contributed by atoms with Crippen LogP contribution >= 0.6 is 23.2 Å². The number of pyridine rings is 1. The van der Waals surface area contributed by atoms with Crippen molar-refractivity contribution >= 4 is 50.9 Å². The molecule has 4 bridgehead atoms. The van der Waals surface area contributed by atoms with E-state index in [9.17, 15) is 10.1 Å². The minimum Gasteiger partial charge on any atom is -0.379 e. The van der Waals surface area contributed by atoms with Crippen LogP contribution in [0.15, 0.2) is 30.3 Å². The van der Waals surface area contributed by atoms with Crippen LogP contribution in [0.1, 0.15) is 61.1 Å². The average molecular weight is 659 g/mol. The Balaban J connectivity index is 1.33. The van der Waals surface area contributed by atoms with Gasteiger partial charge in [0.15, 0.2) is 5.82 Å². The van der Waals surface area contributed by atoms with Gasteiger partial charge < -0.3 is 19.5 Å². The third-order valence-electron chi connectivity index (χ3n) is 11.3. The van der Waals surface area contributed by atoms with E-state index in [1.54, 1.807) is 18.2 Å². The zero-order valence-corrected chi connectivity index (χ0v) is 27.0. The summed E-state index contributed by atoms with van der Waals surface area (Å²) in [4.78, 5) is 21.0. The standard InChI is InChI=1S/C36H34Cl2FN5O2/c1-17-24-13-28(34-21-10-22(16-46-15-21)43(34)36(45)18-7-8-18)44(33-20-12-27(33)41-14-20)35(24)25-11-19(4-3-9-40)29(31(39)32(25)42-17)23-5-2-6-26(37)30(23)38/h2,5-6,11,13,18,20-22,27,33-34,41H,3-4,7-8,10,12,14-16H2,1H3. The molecular formula is C36H34Cl2FN5O2. The summed E-state index contributed by atoms with van der Waals surface area (Å²) >= 11 is 13.1. The van der Waals surface area contributed by atoms with Gasteiger partial charge in [0, 0.05) is 64.1 Å². The Morgan fingerprint density at radius 2 is 2.02 bits per heavy atom. The van der Waals surface area contributed by atoms with Crippen molar-refractivity contribution in [2.45, 2.75) is 69.6 Å². The number of halogens is 3. The first-order valence-corrected chi connectivity index (χ1v) is 17.2. The van der Waals surface area contributed by atoms with Gasteiger partial charge in [0.05, 0.1) is 53.0 Å². The number of hydrogen-bond donors (Lipinski definition) is 1. The first kappa shape index (κ1) is 29.0. The van der Waals surface area contributed by atoms with E-state index in [1.165, 1.54) is 0 Å². The highest BCUT2D eigenvalue weighted by Crippen LogP contribution is 2.53. The van der Waals surface area contributed by atoms with Gasteiger partial charge in [0.1, 0.15) is 5.52 Å². The van der Waals surface area contributed by atoms with Crippen LogP contribution < -0.4 is 5.32 Å². The normalized spacial score (nSPS) is 28.2. The molecular weight excluding hydrogens is 624 g/mol. The van der Waals surface area contributed by atoms with Gasteiger partial charge in [-0.05, 0) is 68.7 Å². The molecule has 1 N–H and O–H groups in total. The van der Waals surface area contributed by atoms with E-state index in [-0.39, 0.29) is 52.8 Å². The topological polar surface area (TPSA) is 83.2 Å². The maximum atomic E-state index is 17.1. The lowest BCUT2D eigenvalue weighted by molar-refractivity contribution is -0.136. The summed E-state index contributed by atoms with van der Waals surface area (Å²) < 4.78 is 25.6. The van der Waals surface area contributed by atoms with Gasteiger partial charge in [-0.25, -0.2) is 9.37 Å². The van der Waals surface area contributed by atoms with Gasteiger partial charge in [0.25, 0.3) is 0 Å². The zero-order valence-electron chi connectivity index (χ0n) is 25.5. The molecule has 6 unspecified atom stereocenters. The van der Waals surface area contributed by atoms with Crippen molar-refractivity contribution in [1.82, 2.24) is 19.8 Å². The summed E-state index contributed by atoms with van der Waals surface area (Å²) in [5.74, 6) is 0.564. The van der Waals surface area contributed by atoms with Crippen LogP contribution in [0.4, 0.5) is 4.39 Å². The first-order valence-electron chi connectivity index (χ1n) is 16.5. The number of benzene rings is 2. The Bertz CT molecular complexity index is 1990. The number of nitrogens with zero attached hydrogens (tertiary/aromatic N) is 4. The number of nitriles is 1. The number of likely N-dealkylation sites (tertiary alicyclic amines) is 1. The number of carbonyl (C=O) groups is 1. The molecule has 4 saturated heterocycles. The number of hydrogen-bond acceptors (Lipinski definition) is 5. The molecule has 4 aromatic rings. The minimum absolute atomic E-state index is 0.0792. The molecule has 10 rings (SSSR count). The summed E-state index contributed by atoms with van der Waals surface area (Å²) in [6.45, 7) is 4.09. The highest BCUT2D eigenvalue weighted by molar-refractivity contribution is 6.43. The van der Waals surface area contributed by atoms with Crippen molar-refractivity contribution in [1.29, 1.82) is 5.26 Å². The second-order valence-corrected chi connectivity index (χ2v) is 14.7. The predicted molar refractivity (Wildman–Crippen MR) is 175 cm³/mol. The third-order valence-corrected chi connectivity index (χ3v) is 12.1. The summed E-state index contributed by atoms with van der Waals surface area (Å²) in [5.41, 5.74) is 4.63. The van der Waals surface area contributed by atoms with Gasteiger partial charge in [-0.1, -0.05) is 35.3 Å². The van der Waals surface area contributed by atoms with Gasteiger partial charge in [-0.15, -0.1) is 0 Å². The third kappa shape index (κ3) is 4.14. The average Bonchev–Trinajstić information content (AvgIpc) is 3.34. The predicted octanol–water partition coefficient (Wildman–Crippen LogP) is 7.30. The van der Waals surface area contributed by atoms with Crippen molar-refractivity contribution in [2.75, 3.05) is 19.8 Å². The van der Waals surface area contributed by atoms with Crippen molar-refractivity contribution < 1.29 is 13.9 Å². The Labute approximate surface area is 276 Å². The number of ether oxygens (including phenoxy) is 1. The molecule has 10 heteroatoms. The highest BCUT2D eigenvalue weighted by atomic mass is 35.5. The number of aryl methyl sites for hydroxylation is 2. The molecule has 6 heterocycles. The second-order valence-electron chi connectivity index (χ2n) is 13.9. The van der Waals surface area contributed by atoms with Crippen LogP contribution in [0.3, 0.4) is 0 Å². The van der Waals surface area contributed by atoms with Gasteiger partial charge in [-0.3, -0.25) is 4.79 Å². The SMILES string of the molecule is Cc1nc2c(F)c(-c3cccc(Cl)c3Cl)c(CCC#N)cc2c2c1cc(C1C3COCC(C3)N1C(=O)C1CC1)n2C1C2CNC1C2. The van der Waals surface area contributed by atoms with Crippen molar-refractivity contribution in [3.05, 3.63) is 63.1 Å². The van der Waals surface area contributed by atoms with E-state index < -0.39 is 5.82 Å². The molecule has 2 aliphatic carbocycles. The molecule has 0 radical (unpaired) electrons. The highest BCUT2D eigenvalue weighted by Gasteiger charge is 2.54. The maximum absolute atomic E-state index is 17.1. The zero-order chi connectivity index (χ0) is 31.4. The van der Waals surface area contributed by atoms with E-state index in [0.717, 1.165) is 59.9 Å². The Hall–Kier alpha value is -3.22. The fraction of sp³-hybridized carbons (Fsp3) is 0.472. The lowest BCUT2D eigenvalue weighted by Gasteiger charge is -2.40. The van der Waals surface area contributed by atoms with Gasteiger partial charge >= 0.3 is 0 Å². The number of fused-ring (bicyclic) bond motifs is 6. The van der Waals surface area contributed by atoms with Crippen LogP contribution in [0.2, 0.25) is 10.0 Å². The monoisotopic (exact) mass is 657 g/mol. The lowest BCUT2D eigenvalue weighted by Crippen LogP contribution is -2.43. The van der Waals surface area contributed by atoms with E-state index in [0.29, 0.717) is 53.3 Å². The maximum Gasteiger partial charge on any atom is 0.226 e. The molecule has 46 heavy (non-hydrogen) atoms. The summed E-state index contributed by atoms with van der Waals surface area (Å²) in [5, 5.41) is 15.6. The van der Waals surface area contributed by atoms with Gasteiger partial charge in [-0.2, -0.15) is 5.26 Å². The van der Waals surface area contributed by atoms with Crippen molar-refractivity contribution in [2.24, 2.45) is 17.8 Å². The van der Waals surface area contributed by atoms with Crippen molar-refractivity contribution in [3.8, 4) is 17.2 Å². The molecule has 236 valence electrons. The molecule has 2 aromatic heterocycles. The molecule has 2 saturated carbocycles. The van der Waals surface area contributed by atoms with E-state index in [1.807, 2.05) is 13.0 Å². The Kier molecular flexibility index (Phi) is 6.70.